The maximum absolute atomic E-state index is 12.3. The number of aliphatic hydroxyl groups is 1. The average Bonchev–Trinajstić information content (AvgIpc) is 3.13. The van der Waals surface area contributed by atoms with E-state index in [1.807, 2.05) is 6.08 Å². The summed E-state index contributed by atoms with van der Waals surface area (Å²) in [7, 11) is -4.76. The number of carboxylic acid groups (broad SMARTS) is 1. The molecular formula is C41H68NO10P. The van der Waals surface area contributed by atoms with Crippen LogP contribution in [-0.2, 0) is 32.7 Å². The number of carboxylic acids is 1. The first-order chi connectivity index (χ1) is 25.6. The number of nitrogens with one attached hydrogen (secondary N) is 1. The monoisotopic (exact) mass is 765 g/mol. The fourth-order valence-corrected chi connectivity index (χ4v) is 5.50. The summed E-state index contributed by atoms with van der Waals surface area (Å²) in [5, 5.41) is 21.7. The first-order valence-corrected chi connectivity index (χ1v) is 21.0. The Morgan fingerprint density at radius 1 is 0.623 bits per heavy atom. The molecule has 0 saturated heterocycles. The Morgan fingerprint density at radius 3 is 1.62 bits per heavy atom. The summed E-state index contributed by atoms with van der Waals surface area (Å²) in [5.41, 5.74) is 0. The molecule has 0 heterocycles. The summed E-state index contributed by atoms with van der Waals surface area (Å²) in [5.74, 6) is -2.45. The van der Waals surface area contributed by atoms with Crippen molar-refractivity contribution in [3.63, 3.8) is 0 Å². The van der Waals surface area contributed by atoms with Crippen LogP contribution in [0.4, 0.5) is 0 Å². The van der Waals surface area contributed by atoms with Crippen LogP contribution in [0.15, 0.2) is 72.9 Å². The second kappa shape index (κ2) is 35.9. The van der Waals surface area contributed by atoms with Crippen LogP contribution in [0.2, 0.25) is 0 Å². The lowest BCUT2D eigenvalue weighted by Crippen LogP contribution is -2.43. The number of esters is 1. The van der Waals surface area contributed by atoms with Crippen molar-refractivity contribution in [1.82, 2.24) is 5.32 Å². The zero-order valence-electron chi connectivity index (χ0n) is 32.3. The van der Waals surface area contributed by atoms with Crippen LogP contribution < -0.4 is 5.32 Å². The number of carbonyl (C=O) groups excluding carboxylic acids is 2. The number of allylic oxidation sites excluding steroid dienone is 12. The number of phosphoric ester groups is 1. The van der Waals surface area contributed by atoms with Crippen molar-refractivity contribution in [2.24, 2.45) is 0 Å². The molecule has 0 aromatic rings. The van der Waals surface area contributed by atoms with Gasteiger partial charge in [0.15, 0.2) is 6.04 Å². The van der Waals surface area contributed by atoms with Crippen molar-refractivity contribution >= 4 is 25.7 Å². The predicted molar refractivity (Wildman–Crippen MR) is 212 cm³/mol. The number of phosphoric acid groups is 1. The summed E-state index contributed by atoms with van der Waals surface area (Å²) in [6, 6.07) is -1.57. The molecule has 3 atom stereocenters. The smallest absolute Gasteiger partial charge is 0.472 e. The van der Waals surface area contributed by atoms with Crippen molar-refractivity contribution < 1.29 is 47.8 Å². The summed E-state index contributed by atoms with van der Waals surface area (Å²) < 4.78 is 26.6. The molecule has 0 aromatic heterocycles. The van der Waals surface area contributed by atoms with E-state index < -0.39 is 57.6 Å². The highest BCUT2D eigenvalue weighted by Crippen LogP contribution is 2.43. The molecule has 0 bridgehead atoms. The number of ether oxygens (including phenoxy) is 1. The van der Waals surface area contributed by atoms with E-state index in [2.05, 4.69) is 86.0 Å². The standard InChI is InChI=1S/C41H68NO10P/c1-3-5-7-9-11-13-14-15-16-17-18-19-20-21-22-23-24-25-26-28-30-32-39(44)42-38(41(46)47)36-52-53(48,49)51-35-37(43)34-50-40(45)33-31-29-27-12-10-8-6-4-2/h5,7,11,13,15-16,18-19,21-22,24-25,37-38,43H,3-4,6,8-10,12,14,17,20,23,26-36H2,1-2H3,(H,42,44)(H,46,47)(H,48,49)/b7-5-,13-11-,16-15-,19-18-,22-21-,25-24-. The first-order valence-electron chi connectivity index (χ1n) is 19.5. The third-order valence-corrected chi connectivity index (χ3v) is 8.71. The van der Waals surface area contributed by atoms with Crippen molar-refractivity contribution in [3.8, 4) is 0 Å². The molecule has 0 saturated carbocycles. The van der Waals surface area contributed by atoms with Gasteiger partial charge in [0.05, 0.1) is 13.2 Å². The quantitative estimate of drug-likeness (QED) is 0.0211. The van der Waals surface area contributed by atoms with E-state index >= 15 is 0 Å². The summed E-state index contributed by atoms with van der Waals surface area (Å²) in [6.07, 6.45) is 41.0. The molecule has 0 radical (unpaired) electrons. The number of amides is 1. The van der Waals surface area contributed by atoms with Crippen LogP contribution in [0.3, 0.4) is 0 Å². The van der Waals surface area contributed by atoms with Crippen molar-refractivity contribution in [2.75, 3.05) is 19.8 Å². The SMILES string of the molecule is CC/C=C\C/C=C\C/C=C\C/C=C\C/C=C\C/C=C\CCCCC(=O)NC(COP(=O)(O)OCC(O)COC(=O)CCCCCCCCCC)C(=O)O. The molecule has 0 aliphatic heterocycles. The molecule has 0 rings (SSSR count). The number of aliphatic carboxylic acids is 1. The average molecular weight is 766 g/mol. The molecule has 1 amide bonds. The molecular weight excluding hydrogens is 697 g/mol. The number of aliphatic hydroxyl groups excluding tert-OH is 1. The normalized spacial score (nSPS) is 14.6. The molecule has 302 valence electrons. The van der Waals surface area contributed by atoms with E-state index in [1.54, 1.807) is 0 Å². The van der Waals surface area contributed by atoms with Gasteiger partial charge < -0.3 is 25.2 Å². The van der Waals surface area contributed by atoms with E-state index in [1.165, 1.54) is 25.7 Å². The van der Waals surface area contributed by atoms with Gasteiger partial charge in [-0.25, -0.2) is 9.36 Å². The largest absolute Gasteiger partial charge is 0.480 e. The van der Waals surface area contributed by atoms with Crippen LogP contribution in [0.5, 0.6) is 0 Å². The highest BCUT2D eigenvalue weighted by molar-refractivity contribution is 7.47. The van der Waals surface area contributed by atoms with Gasteiger partial charge in [-0.3, -0.25) is 18.6 Å². The minimum Gasteiger partial charge on any atom is -0.480 e. The van der Waals surface area contributed by atoms with Gasteiger partial charge in [0.25, 0.3) is 0 Å². The molecule has 12 heteroatoms. The van der Waals surface area contributed by atoms with Crippen LogP contribution in [0, 0.1) is 0 Å². The number of carbonyl (C=O) groups is 3. The Morgan fingerprint density at radius 2 is 1.09 bits per heavy atom. The van der Waals surface area contributed by atoms with Crippen LogP contribution >= 0.6 is 7.82 Å². The highest BCUT2D eigenvalue weighted by Gasteiger charge is 2.28. The van der Waals surface area contributed by atoms with Crippen LogP contribution in [-0.4, -0.2) is 64.9 Å². The Hall–Kier alpha value is -3.08. The number of unbranched alkanes of at least 4 members (excludes halogenated alkanes) is 9. The summed E-state index contributed by atoms with van der Waals surface area (Å²) in [6.45, 7) is 2.37. The van der Waals surface area contributed by atoms with E-state index in [4.69, 9.17) is 13.8 Å². The van der Waals surface area contributed by atoms with Gasteiger partial charge >= 0.3 is 19.8 Å². The molecule has 11 nitrogen and oxygen atoms in total. The molecule has 0 aromatic carbocycles. The predicted octanol–water partition coefficient (Wildman–Crippen LogP) is 9.38. The zero-order chi connectivity index (χ0) is 39.3. The molecule has 0 aliphatic rings. The van der Waals surface area contributed by atoms with Gasteiger partial charge in [-0.15, -0.1) is 0 Å². The first kappa shape index (κ1) is 49.9. The zero-order valence-corrected chi connectivity index (χ0v) is 33.2. The minimum absolute atomic E-state index is 0.0869. The summed E-state index contributed by atoms with van der Waals surface area (Å²) in [4.78, 5) is 45.6. The highest BCUT2D eigenvalue weighted by atomic mass is 31.2. The van der Waals surface area contributed by atoms with E-state index in [0.29, 0.717) is 12.8 Å². The van der Waals surface area contributed by atoms with E-state index in [-0.39, 0.29) is 12.8 Å². The van der Waals surface area contributed by atoms with Crippen LogP contribution in [0.1, 0.15) is 136 Å². The lowest BCUT2D eigenvalue weighted by Gasteiger charge is -2.18. The van der Waals surface area contributed by atoms with Gasteiger partial charge in [0.1, 0.15) is 12.7 Å². The Kier molecular flexibility index (Phi) is 33.8. The fraction of sp³-hybridized carbons (Fsp3) is 0.634. The van der Waals surface area contributed by atoms with Gasteiger partial charge in [0.2, 0.25) is 5.91 Å². The Bertz CT molecular complexity index is 1180. The van der Waals surface area contributed by atoms with Crippen LogP contribution in [0.25, 0.3) is 0 Å². The second-order valence-electron chi connectivity index (χ2n) is 12.7. The molecule has 0 spiro atoms. The van der Waals surface area contributed by atoms with Gasteiger partial charge in [-0.05, 0) is 64.2 Å². The van der Waals surface area contributed by atoms with E-state index in [0.717, 1.165) is 70.6 Å². The van der Waals surface area contributed by atoms with Gasteiger partial charge in [-0.2, -0.15) is 0 Å². The van der Waals surface area contributed by atoms with Crippen molar-refractivity contribution in [3.05, 3.63) is 72.9 Å². The third-order valence-electron chi connectivity index (χ3n) is 7.76. The lowest BCUT2D eigenvalue weighted by molar-refractivity contribution is -0.147. The molecule has 3 unspecified atom stereocenters. The van der Waals surface area contributed by atoms with E-state index in [9.17, 15) is 34.1 Å². The second-order valence-corrected chi connectivity index (χ2v) is 14.2. The minimum atomic E-state index is -4.76. The summed E-state index contributed by atoms with van der Waals surface area (Å²) >= 11 is 0. The number of hydrogen-bond acceptors (Lipinski definition) is 8. The van der Waals surface area contributed by atoms with Gasteiger partial charge in [-0.1, -0.05) is 132 Å². The Balaban J connectivity index is 4.06. The maximum atomic E-state index is 12.3. The maximum Gasteiger partial charge on any atom is 0.472 e. The van der Waals surface area contributed by atoms with Gasteiger partial charge in [0, 0.05) is 12.8 Å². The number of rotatable bonds is 35. The number of hydrogen-bond donors (Lipinski definition) is 4. The third kappa shape index (κ3) is 35.7. The molecule has 0 fully saturated rings. The Labute approximate surface area is 319 Å². The molecule has 4 N–H and O–H groups in total. The van der Waals surface area contributed by atoms with Crippen molar-refractivity contribution in [1.29, 1.82) is 0 Å². The molecule has 0 aliphatic carbocycles. The topological polar surface area (TPSA) is 169 Å². The molecule has 53 heavy (non-hydrogen) atoms. The lowest BCUT2D eigenvalue weighted by atomic mass is 10.1. The van der Waals surface area contributed by atoms with Crippen molar-refractivity contribution in [2.45, 2.75) is 148 Å². The fourth-order valence-electron chi connectivity index (χ4n) is 4.73.